The van der Waals surface area contributed by atoms with Gasteiger partial charge >= 0.3 is 5.97 Å². The Morgan fingerprint density at radius 1 is 0.976 bits per heavy atom. The SMILES string of the molecule is COCCCCC#C/C(=C/C#CCSc1ccccc1)C(OC(=O)COC)c1ccccc1CO[Si](C)(C)C(C)(C)C. The molecule has 0 bridgehead atoms. The maximum absolute atomic E-state index is 12.8. The normalized spacial score (nSPS) is 12.5. The van der Waals surface area contributed by atoms with E-state index in [1.165, 1.54) is 7.11 Å². The molecule has 0 aliphatic carbocycles. The summed E-state index contributed by atoms with van der Waals surface area (Å²) in [4.78, 5) is 13.9. The van der Waals surface area contributed by atoms with Gasteiger partial charge in [0.2, 0.25) is 0 Å². The number of methoxy groups -OCH3 is 2. The molecule has 7 heteroatoms. The molecule has 0 radical (unpaired) electrons. The highest BCUT2D eigenvalue weighted by Crippen LogP contribution is 2.38. The molecule has 0 aromatic heterocycles. The second-order valence-corrected chi connectivity index (χ2v) is 17.2. The zero-order valence-electron chi connectivity index (χ0n) is 26.3. The lowest BCUT2D eigenvalue weighted by atomic mass is 9.96. The second-order valence-electron chi connectivity index (χ2n) is 11.3. The largest absolute Gasteiger partial charge is 0.450 e. The summed E-state index contributed by atoms with van der Waals surface area (Å²) in [5, 5.41) is 0.0684. The van der Waals surface area contributed by atoms with E-state index in [2.05, 4.69) is 69.7 Å². The van der Waals surface area contributed by atoms with Crippen LogP contribution < -0.4 is 0 Å². The zero-order valence-corrected chi connectivity index (χ0v) is 28.1. The van der Waals surface area contributed by atoms with E-state index in [1.807, 2.05) is 42.5 Å². The first kappa shape index (κ1) is 35.4. The summed E-state index contributed by atoms with van der Waals surface area (Å²) in [6, 6.07) is 18.1. The molecule has 1 atom stereocenters. The molecule has 0 saturated heterocycles. The first-order valence-electron chi connectivity index (χ1n) is 14.3. The van der Waals surface area contributed by atoms with E-state index in [1.54, 1.807) is 24.9 Å². The van der Waals surface area contributed by atoms with Crippen LogP contribution in [-0.4, -0.2) is 47.5 Å². The van der Waals surface area contributed by atoms with Crippen LogP contribution in [-0.2, 0) is 30.0 Å². The number of carbonyl (C=O) groups excluding carboxylic acids is 1. The van der Waals surface area contributed by atoms with Gasteiger partial charge in [0.15, 0.2) is 14.4 Å². The van der Waals surface area contributed by atoms with E-state index in [0.29, 0.717) is 31.0 Å². The summed E-state index contributed by atoms with van der Waals surface area (Å²) in [5.74, 6) is 13.1. The molecule has 0 aliphatic heterocycles. The molecule has 1 unspecified atom stereocenters. The van der Waals surface area contributed by atoms with Gasteiger partial charge in [0, 0.05) is 43.8 Å². The van der Waals surface area contributed by atoms with Crippen LogP contribution in [0.25, 0.3) is 0 Å². The molecule has 0 fully saturated rings. The van der Waals surface area contributed by atoms with Crippen molar-refractivity contribution >= 4 is 26.0 Å². The van der Waals surface area contributed by atoms with Crippen LogP contribution in [0.5, 0.6) is 0 Å². The molecule has 42 heavy (non-hydrogen) atoms. The molecule has 2 aromatic rings. The molecular formula is C35H46O5SSi. The van der Waals surface area contributed by atoms with Gasteiger partial charge in [-0.1, -0.05) is 86.9 Å². The van der Waals surface area contributed by atoms with Crippen molar-refractivity contribution in [3.8, 4) is 23.7 Å². The third-order valence-electron chi connectivity index (χ3n) is 7.04. The minimum Gasteiger partial charge on any atom is -0.450 e. The molecular weight excluding hydrogens is 561 g/mol. The highest BCUT2D eigenvalue weighted by atomic mass is 32.2. The number of thioether (sulfide) groups is 1. The summed E-state index contributed by atoms with van der Waals surface area (Å²) in [6.45, 7) is 12.1. The van der Waals surface area contributed by atoms with Gasteiger partial charge < -0.3 is 18.6 Å². The molecule has 2 aromatic carbocycles. The topological polar surface area (TPSA) is 54.0 Å². The predicted octanol–water partition coefficient (Wildman–Crippen LogP) is 7.98. The van der Waals surface area contributed by atoms with Gasteiger partial charge in [0.1, 0.15) is 6.61 Å². The van der Waals surface area contributed by atoms with Crippen molar-refractivity contribution in [1.82, 2.24) is 0 Å². The fourth-order valence-electron chi connectivity index (χ4n) is 3.58. The minimum atomic E-state index is -2.02. The van der Waals surface area contributed by atoms with E-state index >= 15 is 0 Å². The number of allylic oxidation sites excluding steroid dienone is 1. The number of hydrogen-bond donors (Lipinski definition) is 0. The maximum atomic E-state index is 12.8. The Balaban J connectivity index is 2.45. The summed E-state index contributed by atoms with van der Waals surface area (Å²) >= 11 is 1.67. The van der Waals surface area contributed by atoms with E-state index < -0.39 is 20.4 Å². The van der Waals surface area contributed by atoms with Crippen LogP contribution >= 0.6 is 11.8 Å². The molecule has 2 rings (SSSR count). The third kappa shape index (κ3) is 12.6. The molecule has 226 valence electrons. The van der Waals surface area contributed by atoms with Crippen molar-refractivity contribution in [2.75, 3.05) is 33.2 Å². The number of hydrogen-bond acceptors (Lipinski definition) is 6. The second kappa shape index (κ2) is 18.7. The Morgan fingerprint density at radius 3 is 2.38 bits per heavy atom. The fourth-order valence-corrected chi connectivity index (χ4v) is 5.20. The number of unbranched alkanes of at least 4 members (excludes halogenated alkanes) is 2. The van der Waals surface area contributed by atoms with Gasteiger partial charge in [-0.3, -0.25) is 0 Å². The molecule has 0 saturated carbocycles. The fraction of sp³-hybridized carbons (Fsp3) is 0.457. The van der Waals surface area contributed by atoms with Gasteiger partial charge in [-0.2, -0.15) is 0 Å². The van der Waals surface area contributed by atoms with E-state index in [9.17, 15) is 4.79 Å². The quantitative estimate of drug-likeness (QED) is 0.0715. The Kier molecular flexibility index (Phi) is 15.8. The lowest BCUT2D eigenvalue weighted by Crippen LogP contribution is -2.40. The average Bonchev–Trinajstić information content (AvgIpc) is 2.96. The van der Waals surface area contributed by atoms with Crippen molar-refractivity contribution in [2.45, 2.75) is 75.8 Å². The monoisotopic (exact) mass is 606 g/mol. The Hall–Kier alpha value is -2.78. The standard InChI is InChI=1S/C35H46O5SSi/c1-35(2,3)42(6,7)39-27-30-21-14-15-24-32(30)34(40-33(36)28-38-5)29(19-11-8-9-17-25-37-4)20-16-18-26-41-31-22-12-10-13-23-31/h10,12-15,20-24,34H,8-9,17,25-28H2,1-7H3/b29-20-. The highest BCUT2D eigenvalue weighted by molar-refractivity contribution is 7.99. The molecule has 0 N–H and O–H groups in total. The van der Waals surface area contributed by atoms with Crippen molar-refractivity contribution < 1.29 is 23.4 Å². The number of benzene rings is 2. The van der Waals surface area contributed by atoms with Crippen LogP contribution in [0.15, 0.2) is 71.1 Å². The van der Waals surface area contributed by atoms with E-state index in [4.69, 9.17) is 18.6 Å². The van der Waals surface area contributed by atoms with Gasteiger partial charge in [0.05, 0.1) is 17.9 Å². The number of ether oxygens (including phenoxy) is 3. The van der Waals surface area contributed by atoms with Crippen LogP contribution in [0.1, 0.15) is 57.3 Å². The van der Waals surface area contributed by atoms with Crippen LogP contribution in [0.2, 0.25) is 18.1 Å². The molecule has 5 nitrogen and oxygen atoms in total. The molecule has 0 spiro atoms. The van der Waals surface area contributed by atoms with Crippen LogP contribution in [0.4, 0.5) is 0 Å². The minimum absolute atomic E-state index is 0.0684. The summed E-state index contributed by atoms with van der Waals surface area (Å²) in [7, 11) is 1.16. The van der Waals surface area contributed by atoms with Crippen molar-refractivity contribution in [3.63, 3.8) is 0 Å². The van der Waals surface area contributed by atoms with E-state index in [0.717, 1.165) is 28.9 Å². The number of esters is 1. The lowest BCUT2D eigenvalue weighted by molar-refractivity contribution is -0.151. The first-order valence-corrected chi connectivity index (χ1v) is 18.2. The summed E-state index contributed by atoms with van der Waals surface area (Å²) in [5.41, 5.74) is 2.42. The average molecular weight is 607 g/mol. The van der Waals surface area contributed by atoms with Gasteiger partial charge in [-0.15, -0.1) is 11.8 Å². The lowest BCUT2D eigenvalue weighted by Gasteiger charge is -2.36. The summed E-state index contributed by atoms with van der Waals surface area (Å²) < 4.78 is 22.8. The summed E-state index contributed by atoms with van der Waals surface area (Å²) in [6.07, 6.45) is 3.59. The Bertz CT molecular complexity index is 1260. The van der Waals surface area contributed by atoms with Gasteiger partial charge in [-0.05, 0) is 48.7 Å². The first-order chi connectivity index (χ1) is 20.1. The van der Waals surface area contributed by atoms with Gasteiger partial charge in [-0.25, -0.2) is 4.79 Å². The van der Waals surface area contributed by atoms with Crippen LogP contribution in [0.3, 0.4) is 0 Å². The maximum Gasteiger partial charge on any atom is 0.333 e. The highest BCUT2D eigenvalue weighted by Gasteiger charge is 2.37. The Labute approximate surface area is 258 Å². The zero-order chi connectivity index (χ0) is 30.8. The van der Waals surface area contributed by atoms with Crippen LogP contribution in [0, 0.1) is 23.7 Å². The van der Waals surface area contributed by atoms with Crippen molar-refractivity contribution in [2.24, 2.45) is 0 Å². The van der Waals surface area contributed by atoms with Crippen molar-refractivity contribution in [3.05, 3.63) is 77.4 Å². The smallest absolute Gasteiger partial charge is 0.333 e. The predicted molar refractivity (Wildman–Crippen MR) is 176 cm³/mol. The number of rotatable bonds is 14. The third-order valence-corrected chi connectivity index (χ3v) is 12.4. The molecule has 0 aliphatic rings. The van der Waals surface area contributed by atoms with Gasteiger partial charge in [0.25, 0.3) is 0 Å². The van der Waals surface area contributed by atoms with Crippen molar-refractivity contribution in [1.29, 1.82) is 0 Å². The van der Waals surface area contributed by atoms with E-state index in [-0.39, 0.29) is 11.6 Å². The Morgan fingerprint density at radius 2 is 1.69 bits per heavy atom. The molecule has 0 amide bonds. The number of carbonyl (C=O) groups is 1. The molecule has 0 heterocycles.